The van der Waals surface area contributed by atoms with Crippen LogP contribution < -0.4 is 20.1 Å². The molecule has 0 heterocycles. The van der Waals surface area contributed by atoms with Gasteiger partial charge in [0.1, 0.15) is 11.5 Å². The van der Waals surface area contributed by atoms with Crippen molar-refractivity contribution in [2.24, 2.45) is 5.41 Å². The molecule has 0 saturated heterocycles. The Morgan fingerprint density at radius 3 is 2.27 bits per heavy atom. The number of carbonyl (C=O) groups excluding carboxylic acids is 3. The summed E-state index contributed by atoms with van der Waals surface area (Å²) in [5.74, 6) is -0.176. The number of anilines is 1. The van der Waals surface area contributed by atoms with Crippen LogP contribution in [0.3, 0.4) is 0 Å². The van der Waals surface area contributed by atoms with Crippen LogP contribution in [0.5, 0.6) is 11.5 Å². The minimum absolute atomic E-state index is 0.0639. The smallest absolute Gasteiger partial charge is 0.313 e. The lowest BCUT2D eigenvalue weighted by atomic mass is 9.82. The molecule has 166 valence electrons. The molecule has 2 rings (SSSR count). The standard InChI is InChI=1S/C22H32N2O6/c1-21(2,3)24-18(25)13-22(10-6-7-11-22)20(27)30-14-19(26)23-16-12-15(28-4)8-9-17(16)29-5/h8-9,12H,6-7,10-11,13-14H2,1-5H3,(H,23,26)(H,24,25). The Morgan fingerprint density at radius 1 is 1.03 bits per heavy atom. The van der Waals surface area contributed by atoms with E-state index in [0.717, 1.165) is 12.8 Å². The second-order valence-electron chi connectivity index (χ2n) is 8.65. The highest BCUT2D eigenvalue weighted by Crippen LogP contribution is 2.42. The van der Waals surface area contributed by atoms with Crippen LogP contribution in [0.2, 0.25) is 0 Å². The minimum atomic E-state index is -0.872. The van der Waals surface area contributed by atoms with E-state index in [4.69, 9.17) is 14.2 Å². The van der Waals surface area contributed by atoms with Gasteiger partial charge in [-0.3, -0.25) is 14.4 Å². The molecule has 0 aromatic heterocycles. The van der Waals surface area contributed by atoms with Crippen molar-refractivity contribution in [1.29, 1.82) is 0 Å². The molecule has 1 fully saturated rings. The van der Waals surface area contributed by atoms with Gasteiger partial charge >= 0.3 is 5.97 Å². The van der Waals surface area contributed by atoms with Crippen LogP contribution in [0.4, 0.5) is 5.69 Å². The molecule has 2 amide bonds. The molecule has 0 unspecified atom stereocenters. The fourth-order valence-electron chi connectivity index (χ4n) is 3.66. The number of hydrogen-bond acceptors (Lipinski definition) is 6. The Bertz CT molecular complexity index is 778. The van der Waals surface area contributed by atoms with Crippen molar-refractivity contribution in [1.82, 2.24) is 5.32 Å². The molecule has 0 bridgehead atoms. The number of amides is 2. The molecule has 1 saturated carbocycles. The van der Waals surface area contributed by atoms with Crippen LogP contribution in [0.1, 0.15) is 52.9 Å². The first kappa shape index (κ1) is 23.5. The summed E-state index contributed by atoms with van der Waals surface area (Å²) in [4.78, 5) is 37.6. The highest BCUT2D eigenvalue weighted by atomic mass is 16.5. The van der Waals surface area contributed by atoms with Crippen molar-refractivity contribution in [2.45, 2.75) is 58.4 Å². The lowest BCUT2D eigenvalue weighted by Gasteiger charge is -2.28. The van der Waals surface area contributed by atoms with Gasteiger partial charge in [0, 0.05) is 18.0 Å². The number of rotatable bonds is 8. The number of carbonyl (C=O) groups is 3. The Morgan fingerprint density at radius 2 is 1.70 bits per heavy atom. The third-order valence-electron chi connectivity index (χ3n) is 5.02. The highest BCUT2D eigenvalue weighted by Gasteiger charge is 2.44. The van der Waals surface area contributed by atoms with E-state index in [1.807, 2.05) is 20.8 Å². The van der Waals surface area contributed by atoms with E-state index >= 15 is 0 Å². The largest absolute Gasteiger partial charge is 0.497 e. The average molecular weight is 421 g/mol. The summed E-state index contributed by atoms with van der Waals surface area (Å²) in [5.41, 5.74) is -0.835. The van der Waals surface area contributed by atoms with Crippen LogP contribution >= 0.6 is 0 Å². The van der Waals surface area contributed by atoms with Gasteiger partial charge in [0.05, 0.1) is 25.3 Å². The third kappa shape index (κ3) is 6.37. The maximum absolute atomic E-state index is 12.8. The van der Waals surface area contributed by atoms with Gasteiger partial charge in [-0.05, 0) is 45.7 Å². The molecule has 1 aromatic carbocycles. The Labute approximate surface area is 177 Å². The van der Waals surface area contributed by atoms with Crippen molar-refractivity contribution in [3.8, 4) is 11.5 Å². The van der Waals surface area contributed by atoms with E-state index in [-0.39, 0.29) is 17.9 Å². The van der Waals surface area contributed by atoms with Gasteiger partial charge in [-0.2, -0.15) is 0 Å². The molecule has 8 heteroatoms. The van der Waals surface area contributed by atoms with E-state index in [2.05, 4.69) is 10.6 Å². The van der Waals surface area contributed by atoms with Crippen molar-refractivity contribution in [2.75, 3.05) is 26.1 Å². The number of hydrogen-bond donors (Lipinski definition) is 2. The van der Waals surface area contributed by atoms with E-state index in [0.29, 0.717) is 30.0 Å². The van der Waals surface area contributed by atoms with Gasteiger partial charge in [-0.15, -0.1) is 0 Å². The van der Waals surface area contributed by atoms with Crippen LogP contribution in [-0.4, -0.2) is 44.1 Å². The molecule has 2 N–H and O–H groups in total. The van der Waals surface area contributed by atoms with E-state index in [9.17, 15) is 14.4 Å². The molecule has 0 radical (unpaired) electrons. The number of methoxy groups -OCH3 is 2. The predicted octanol–water partition coefficient (Wildman–Crippen LogP) is 3.05. The molecular formula is C22H32N2O6. The topological polar surface area (TPSA) is 103 Å². The lowest BCUT2D eigenvalue weighted by molar-refractivity contribution is -0.160. The highest BCUT2D eigenvalue weighted by molar-refractivity contribution is 5.95. The summed E-state index contributed by atoms with van der Waals surface area (Å²) in [6, 6.07) is 5.00. The Balaban J connectivity index is 1.99. The number of nitrogens with one attached hydrogen (secondary N) is 2. The maximum atomic E-state index is 12.8. The van der Waals surface area contributed by atoms with Crippen molar-refractivity contribution < 1.29 is 28.6 Å². The number of esters is 1. The van der Waals surface area contributed by atoms with E-state index in [1.165, 1.54) is 14.2 Å². The number of benzene rings is 1. The molecular weight excluding hydrogens is 388 g/mol. The van der Waals surface area contributed by atoms with Crippen LogP contribution in [-0.2, 0) is 19.1 Å². The van der Waals surface area contributed by atoms with Crippen molar-refractivity contribution >= 4 is 23.5 Å². The predicted molar refractivity (Wildman–Crippen MR) is 113 cm³/mol. The summed E-state index contributed by atoms with van der Waals surface area (Å²) >= 11 is 0. The zero-order valence-electron chi connectivity index (χ0n) is 18.4. The van der Waals surface area contributed by atoms with Gasteiger partial charge in [0.15, 0.2) is 6.61 Å². The Hall–Kier alpha value is -2.77. The molecule has 8 nitrogen and oxygen atoms in total. The SMILES string of the molecule is COc1ccc(OC)c(NC(=O)COC(=O)C2(CC(=O)NC(C)(C)C)CCCC2)c1. The lowest BCUT2D eigenvalue weighted by Crippen LogP contribution is -2.44. The van der Waals surface area contributed by atoms with E-state index in [1.54, 1.807) is 18.2 Å². The normalized spacial score (nSPS) is 15.2. The Kier molecular flexibility index (Phi) is 7.70. The molecule has 1 aliphatic carbocycles. The summed E-state index contributed by atoms with van der Waals surface area (Å²) < 4.78 is 15.7. The monoisotopic (exact) mass is 420 g/mol. The summed E-state index contributed by atoms with van der Waals surface area (Å²) in [6.45, 7) is 5.23. The fourth-order valence-corrected chi connectivity index (χ4v) is 3.66. The van der Waals surface area contributed by atoms with Gasteiger partial charge in [-0.25, -0.2) is 0 Å². The van der Waals surface area contributed by atoms with E-state index < -0.39 is 23.9 Å². The summed E-state index contributed by atoms with van der Waals surface area (Å²) in [6.07, 6.45) is 2.92. The van der Waals surface area contributed by atoms with Crippen molar-refractivity contribution in [3.63, 3.8) is 0 Å². The first-order chi connectivity index (χ1) is 14.1. The van der Waals surface area contributed by atoms with Gasteiger partial charge < -0.3 is 24.8 Å². The van der Waals surface area contributed by atoms with Gasteiger partial charge in [0.25, 0.3) is 5.91 Å². The summed E-state index contributed by atoms with van der Waals surface area (Å²) in [7, 11) is 3.01. The molecule has 1 aromatic rings. The quantitative estimate of drug-likeness (QED) is 0.627. The van der Waals surface area contributed by atoms with Crippen LogP contribution in [0.15, 0.2) is 18.2 Å². The maximum Gasteiger partial charge on any atom is 0.313 e. The van der Waals surface area contributed by atoms with Crippen LogP contribution in [0, 0.1) is 5.41 Å². The second-order valence-corrected chi connectivity index (χ2v) is 8.65. The average Bonchev–Trinajstić information content (AvgIpc) is 3.14. The second kappa shape index (κ2) is 9.82. The fraction of sp³-hybridized carbons (Fsp3) is 0.591. The van der Waals surface area contributed by atoms with Gasteiger partial charge in [0.2, 0.25) is 5.91 Å². The minimum Gasteiger partial charge on any atom is -0.497 e. The molecule has 1 aliphatic rings. The molecule has 0 spiro atoms. The van der Waals surface area contributed by atoms with Crippen molar-refractivity contribution in [3.05, 3.63) is 18.2 Å². The first-order valence-corrected chi connectivity index (χ1v) is 10.1. The zero-order valence-corrected chi connectivity index (χ0v) is 18.4. The first-order valence-electron chi connectivity index (χ1n) is 10.1. The third-order valence-corrected chi connectivity index (χ3v) is 5.02. The van der Waals surface area contributed by atoms with Crippen LogP contribution in [0.25, 0.3) is 0 Å². The summed E-state index contributed by atoms with van der Waals surface area (Å²) in [5, 5.41) is 5.56. The molecule has 0 aliphatic heterocycles. The number of ether oxygens (including phenoxy) is 3. The molecule has 30 heavy (non-hydrogen) atoms. The van der Waals surface area contributed by atoms with Gasteiger partial charge in [-0.1, -0.05) is 12.8 Å². The zero-order chi connectivity index (χ0) is 22.4. The molecule has 0 atom stereocenters.